The third kappa shape index (κ3) is 1.91. The van der Waals surface area contributed by atoms with Gasteiger partial charge >= 0.3 is 0 Å². The SMILES string of the molecule is C[C@]1(c2ccc3c(c2)OCO3)Nc2ccccc2-c2nc3ccccc3n21. The number of benzene rings is 3. The van der Waals surface area contributed by atoms with Gasteiger partial charge in [0, 0.05) is 16.8 Å². The summed E-state index contributed by atoms with van der Waals surface area (Å²) in [5.41, 5.74) is 4.83. The normalized spacial score (nSPS) is 19.4. The van der Waals surface area contributed by atoms with Crippen molar-refractivity contribution in [1.82, 2.24) is 9.55 Å². The Balaban J connectivity index is 1.67. The zero-order chi connectivity index (χ0) is 18.0. The van der Waals surface area contributed by atoms with Gasteiger partial charge in [0.2, 0.25) is 6.79 Å². The summed E-state index contributed by atoms with van der Waals surface area (Å²) in [6, 6.07) is 22.7. The van der Waals surface area contributed by atoms with Gasteiger partial charge in [-0.3, -0.25) is 4.57 Å². The molecule has 132 valence electrons. The fourth-order valence-electron chi connectivity index (χ4n) is 4.17. The summed E-state index contributed by atoms with van der Waals surface area (Å²) >= 11 is 0. The van der Waals surface area contributed by atoms with Crippen LogP contribution in [0.2, 0.25) is 0 Å². The van der Waals surface area contributed by atoms with Crippen molar-refractivity contribution in [3.8, 4) is 22.9 Å². The molecule has 0 radical (unpaired) electrons. The van der Waals surface area contributed by atoms with Crippen molar-refractivity contribution in [3.05, 3.63) is 72.3 Å². The highest BCUT2D eigenvalue weighted by atomic mass is 16.7. The van der Waals surface area contributed by atoms with Crippen LogP contribution in [0.15, 0.2) is 66.7 Å². The van der Waals surface area contributed by atoms with E-state index >= 15 is 0 Å². The maximum Gasteiger partial charge on any atom is 0.231 e. The molecule has 0 saturated carbocycles. The van der Waals surface area contributed by atoms with Crippen molar-refractivity contribution in [2.24, 2.45) is 0 Å². The van der Waals surface area contributed by atoms with Crippen LogP contribution in [0.1, 0.15) is 12.5 Å². The summed E-state index contributed by atoms with van der Waals surface area (Å²) in [5.74, 6) is 2.53. The van der Waals surface area contributed by atoms with E-state index in [0.29, 0.717) is 0 Å². The second kappa shape index (κ2) is 5.04. The molecule has 6 rings (SSSR count). The van der Waals surface area contributed by atoms with Crippen LogP contribution in [0.3, 0.4) is 0 Å². The molecule has 0 saturated heterocycles. The van der Waals surface area contributed by atoms with Crippen molar-refractivity contribution < 1.29 is 9.47 Å². The number of nitrogens with zero attached hydrogens (tertiary/aromatic N) is 2. The Kier molecular flexibility index (Phi) is 2.74. The largest absolute Gasteiger partial charge is 0.454 e. The maximum absolute atomic E-state index is 5.63. The molecule has 4 aromatic rings. The van der Waals surface area contributed by atoms with E-state index < -0.39 is 5.66 Å². The second-order valence-electron chi connectivity index (χ2n) is 7.07. The lowest BCUT2D eigenvalue weighted by molar-refractivity contribution is 0.174. The number of para-hydroxylation sites is 3. The van der Waals surface area contributed by atoms with Crippen LogP contribution in [0.4, 0.5) is 5.69 Å². The summed E-state index contributed by atoms with van der Waals surface area (Å²) < 4.78 is 13.4. The van der Waals surface area contributed by atoms with Crippen LogP contribution in [0, 0.1) is 0 Å². The Labute approximate surface area is 156 Å². The topological polar surface area (TPSA) is 48.3 Å². The van der Waals surface area contributed by atoms with Gasteiger partial charge in [0.1, 0.15) is 11.5 Å². The number of rotatable bonds is 1. The summed E-state index contributed by atoms with van der Waals surface area (Å²) in [6.45, 7) is 2.45. The van der Waals surface area contributed by atoms with Crippen molar-refractivity contribution >= 4 is 16.7 Å². The Morgan fingerprint density at radius 2 is 1.78 bits per heavy atom. The molecular weight excluding hydrogens is 338 g/mol. The molecule has 1 atom stereocenters. The first-order valence-corrected chi connectivity index (χ1v) is 9.00. The van der Waals surface area contributed by atoms with E-state index in [0.717, 1.165) is 45.2 Å². The zero-order valence-corrected chi connectivity index (χ0v) is 14.8. The molecule has 0 bridgehead atoms. The molecule has 5 nitrogen and oxygen atoms in total. The van der Waals surface area contributed by atoms with E-state index in [4.69, 9.17) is 14.5 Å². The van der Waals surface area contributed by atoms with Crippen LogP contribution in [-0.2, 0) is 5.66 Å². The van der Waals surface area contributed by atoms with Crippen LogP contribution in [-0.4, -0.2) is 16.3 Å². The molecule has 0 amide bonds. The molecule has 2 aliphatic rings. The summed E-state index contributed by atoms with van der Waals surface area (Å²) in [6.07, 6.45) is 0. The van der Waals surface area contributed by atoms with Crippen molar-refractivity contribution in [2.75, 3.05) is 12.1 Å². The van der Waals surface area contributed by atoms with Gasteiger partial charge in [-0.25, -0.2) is 4.98 Å². The smallest absolute Gasteiger partial charge is 0.231 e. The highest BCUT2D eigenvalue weighted by molar-refractivity contribution is 5.87. The zero-order valence-electron chi connectivity index (χ0n) is 14.8. The Morgan fingerprint density at radius 1 is 0.963 bits per heavy atom. The van der Waals surface area contributed by atoms with Gasteiger partial charge < -0.3 is 14.8 Å². The summed E-state index contributed by atoms with van der Waals surface area (Å²) in [4.78, 5) is 4.96. The van der Waals surface area contributed by atoms with Crippen LogP contribution < -0.4 is 14.8 Å². The molecule has 0 fully saturated rings. The Bertz CT molecular complexity index is 1210. The monoisotopic (exact) mass is 355 g/mol. The van der Waals surface area contributed by atoms with Gasteiger partial charge in [-0.2, -0.15) is 0 Å². The number of hydrogen-bond acceptors (Lipinski definition) is 4. The van der Waals surface area contributed by atoms with E-state index in [9.17, 15) is 0 Å². The lowest BCUT2D eigenvalue weighted by Gasteiger charge is -2.40. The van der Waals surface area contributed by atoms with Gasteiger partial charge in [-0.1, -0.05) is 30.3 Å². The minimum absolute atomic E-state index is 0.269. The standard InChI is InChI=1S/C22H17N3O2/c1-22(14-10-11-19-20(12-14)27-13-26-19)24-16-7-3-2-6-15(16)21-23-17-8-4-5-9-18(17)25(21)22/h2-12,24H,13H2,1H3/t22-/m0/s1. The van der Waals surface area contributed by atoms with Crippen molar-refractivity contribution in [1.29, 1.82) is 0 Å². The fraction of sp³-hybridized carbons (Fsp3) is 0.136. The summed E-state index contributed by atoms with van der Waals surface area (Å²) in [5, 5.41) is 3.74. The quantitative estimate of drug-likeness (QED) is 0.543. The first-order chi connectivity index (χ1) is 13.2. The molecule has 2 aliphatic heterocycles. The third-order valence-corrected chi connectivity index (χ3v) is 5.49. The number of fused-ring (bicyclic) bond motifs is 6. The van der Waals surface area contributed by atoms with E-state index in [1.807, 2.05) is 24.3 Å². The first-order valence-electron chi connectivity index (χ1n) is 9.00. The number of ether oxygens (including phenoxy) is 2. The maximum atomic E-state index is 5.63. The molecule has 0 spiro atoms. The molecule has 1 N–H and O–H groups in total. The van der Waals surface area contributed by atoms with E-state index in [1.165, 1.54) is 0 Å². The van der Waals surface area contributed by atoms with Gasteiger partial charge in [0.05, 0.1) is 11.0 Å². The average molecular weight is 355 g/mol. The van der Waals surface area contributed by atoms with Gasteiger partial charge in [0.25, 0.3) is 0 Å². The van der Waals surface area contributed by atoms with Crippen molar-refractivity contribution in [2.45, 2.75) is 12.6 Å². The van der Waals surface area contributed by atoms with Gasteiger partial charge in [0.15, 0.2) is 11.5 Å². The van der Waals surface area contributed by atoms with Crippen LogP contribution in [0.5, 0.6) is 11.5 Å². The minimum atomic E-state index is -0.513. The van der Waals surface area contributed by atoms with Crippen LogP contribution in [0.25, 0.3) is 22.4 Å². The van der Waals surface area contributed by atoms with Gasteiger partial charge in [-0.05, 0) is 43.3 Å². The summed E-state index contributed by atoms with van der Waals surface area (Å²) in [7, 11) is 0. The van der Waals surface area contributed by atoms with E-state index in [-0.39, 0.29) is 6.79 Å². The second-order valence-corrected chi connectivity index (χ2v) is 7.07. The number of anilines is 1. The molecule has 1 aromatic heterocycles. The van der Waals surface area contributed by atoms with Gasteiger partial charge in [-0.15, -0.1) is 0 Å². The Morgan fingerprint density at radius 3 is 2.74 bits per heavy atom. The number of aromatic nitrogens is 2. The lowest BCUT2D eigenvalue weighted by Crippen LogP contribution is -2.42. The highest BCUT2D eigenvalue weighted by Crippen LogP contribution is 2.45. The molecular formula is C22H17N3O2. The predicted molar refractivity (Wildman–Crippen MR) is 104 cm³/mol. The predicted octanol–water partition coefficient (Wildman–Crippen LogP) is 4.58. The molecule has 3 heterocycles. The lowest BCUT2D eigenvalue weighted by atomic mass is 9.95. The van der Waals surface area contributed by atoms with E-state index in [1.54, 1.807) is 0 Å². The average Bonchev–Trinajstić information content (AvgIpc) is 3.32. The van der Waals surface area contributed by atoms with E-state index in [2.05, 4.69) is 59.3 Å². The van der Waals surface area contributed by atoms with Crippen molar-refractivity contribution in [3.63, 3.8) is 0 Å². The Hall–Kier alpha value is -3.47. The first kappa shape index (κ1) is 14.7. The number of hydrogen-bond donors (Lipinski definition) is 1. The third-order valence-electron chi connectivity index (χ3n) is 5.49. The number of imidazole rings is 1. The molecule has 5 heteroatoms. The molecule has 3 aromatic carbocycles. The van der Waals surface area contributed by atoms with Crippen LogP contribution >= 0.6 is 0 Å². The molecule has 27 heavy (non-hydrogen) atoms. The molecule has 0 unspecified atom stereocenters. The number of nitrogens with one attached hydrogen (secondary N) is 1. The highest BCUT2D eigenvalue weighted by Gasteiger charge is 2.38. The minimum Gasteiger partial charge on any atom is -0.454 e. The fourth-order valence-corrected chi connectivity index (χ4v) is 4.17. The molecule has 0 aliphatic carbocycles.